The first-order valence-electron chi connectivity index (χ1n) is 6.12. The third-order valence-electron chi connectivity index (χ3n) is 3.14. The summed E-state index contributed by atoms with van der Waals surface area (Å²) in [5.41, 5.74) is 0. The van der Waals surface area contributed by atoms with Gasteiger partial charge in [-0.05, 0) is 33.2 Å². The summed E-state index contributed by atoms with van der Waals surface area (Å²) in [6.07, 6.45) is 2.74. The van der Waals surface area contributed by atoms with Gasteiger partial charge < -0.3 is 9.47 Å². The average Bonchev–Trinajstić information content (AvgIpc) is 2.37. The lowest BCUT2D eigenvalue weighted by atomic mass is 10.00. The van der Waals surface area contributed by atoms with Crippen LogP contribution in [0.15, 0.2) is 0 Å². The van der Waals surface area contributed by atoms with Crippen molar-refractivity contribution in [3.05, 3.63) is 0 Å². The lowest BCUT2D eigenvalue weighted by Gasteiger charge is -2.36. The molecular formula is C12H21NO4. The average molecular weight is 243 g/mol. The van der Waals surface area contributed by atoms with Gasteiger partial charge in [0, 0.05) is 0 Å². The van der Waals surface area contributed by atoms with E-state index in [4.69, 9.17) is 9.47 Å². The van der Waals surface area contributed by atoms with Crippen LogP contribution in [-0.2, 0) is 19.1 Å². The van der Waals surface area contributed by atoms with Crippen LogP contribution in [-0.4, -0.2) is 49.2 Å². The molecule has 1 aliphatic heterocycles. The highest BCUT2D eigenvalue weighted by Gasteiger charge is 2.35. The molecule has 98 valence electrons. The smallest absolute Gasteiger partial charge is 0.323 e. The van der Waals surface area contributed by atoms with Crippen LogP contribution in [0.25, 0.3) is 0 Å². The van der Waals surface area contributed by atoms with E-state index < -0.39 is 6.04 Å². The molecule has 0 spiro atoms. The quantitative estimate of drug-likeness (QED) is 0.688. The van der Waals surface area contributed by atoms with Crippen molar-refractivity contribution in [1.82, 2.24) is 4.90 Å². The fraction of sp³-hybridized carbons (Fsp3) is 0.833. The molecule has 2 atom stereocenters. The molecule has 1 saturated heterocycles. The van der Waals surface area contributed by atoms with Crippen LogP contribution in [0.5, 0.6) is 0 Å². The summed E-state index contributed by atoms with van der Waals surface area (Å²) in [6, 6.07) is -0.701. The Balaban J connectivity index is 2.71. The van der Waals surface area contributed by atoms with E-state index in [1.807, 2.05) is 4.90 Å². The monoisotopic (exact) mass is 243 g/mol. The summed E-state index contributed by atoms with van der Waals surface area (Å²) < 4.78 is 9.76. The molecule has 1 rings (SSSR count). The van der Waals surface area contributed by atoms with E-state index in [1.54, 1.807) is 13.8 Å². The third kappa shape index (κ3) is 3.43. The van der Waals surface area contributed by atoms with Gasteiger partial charge in [0.15, 0.2) is 0 Å². The maximum atomic E-state index is 11.8. The van der Waals surface area contributed by atoms with E-state index in [9.17, 15) is 9.59 Å². The number of ether oxygens (including phenoxy) is 2. The van der Waals surface area contributed by atoms with E-state index in [0.717, 1.165) is 25.8 Å². The molecule has 0 aromatic rings. The maximum absolute atomic E-state index is 11.8. The molecule has 0 radical (unpaired) electrons. The van der Waals surface area contributed by atoms with Gasteiger partial charge in [0.05, 0.1) is 13.7 Å². The molecule has 17 heavy (non-hydrogen) atoms. The van der Waals surface area contributed by atoms with Gasteiger partial charge in [0.25, 0.3) is 0 Å². The molecule has 0 amide bonds. The first kappa shape index (κ1) is 14.0. The van der Waals surface area contributed by atoms with Gasteiger partial charge in [0.1, 0.15) is 12.1 Å². The Kier molecular flexibility index (Phi) is 5.41. The van der Waals surface area contributed by atoms with Gasteiger partial charge in [0.2, 0.25) is 0 Å². The van der Waals surface area contributed by atoms with Crippen LogP contribution in [0.2, 0.25) is 0 Å². The summed E-state index contributed by atoms with van der Waals surface area (Å²) in [5.74, 6) is -0.538. The maximum Gasteiger partial charge on any atom is 0.323 e. The van der Waals surface area contributed by atoms with Crippen molar-refractivity contribution in [1.29, 1.82) is 0 Å². The lowest BCUT2D eigenvalue weighted by molar-refractivity contribution is -0.157. The number of piperidine rings is 1. The number of carbonyl (C=O) groups is 2. The number of carbonyl (C=O) groups excluding carboxylic acids is 2. The Morgan fingerprint density at radius 1 is 1.41 bits per heavy atom. The zero-order valence-corrected chi connectivity index (χ0v) is 10.8. The van der Waals surface area contributed by atoms with E-state index in [1.165, 1.54) is 7.11 Å². The van der Waals surface area contributed by atoms with Gasteiger partial charge in [-0.15, -0.1) is 0 Å². The number of methoxy groups -OCH3 is 1. The van der Waals surface area contributed by atoms with Gasteiger partial charge in [-0.3, -0.25) is 14.5 Å². The van der Waals surface area contributed by atoms with Crippen molar-refractivity contribution >= 4 is 11.9 Å². The van der Waals surface area contributed by atoms with E-state index >= 15 is 0 Å². The number of hydrogen-bond acceptors (Lipinski definition) is 5. The van der Waals surface area contributed by atoms with Gasteiger partial charge in [-0.1, -0.05) is 6.42 Å². The number of hydrogen-bond donors (Lipinski definition) is 0. The number of rotatable bonds is 4. The minimum atomic E-state index is -0.394. The zero-order valence-electron chi connectivity index (χ0n) is 10.8. The molecule has 1 fully saturated rings. The highest BCUT2D eigenvalue weighted by Crippen LogP contribution is 2.21. The van der Waals surface area contributed by atoms with E-state index in [2.05, 4.69) is 0 Å². The molecule has 0 saturated carbocycles. The molecule has 0 aromatic carbocycles. The fourth-order valence-corrected chi connectivity index (χ4v) is 2.21. The Bertz CT molecular complexity index is 280. The Morgan fingerprint density at radius 2 is 2.12 bits per heavy atom. The van der Waals surface area contributed by atoms with E-state index in [0.29, 0.717) is 6.61 Å². The number of nitrogens with zero attached hydrogens (tertiary/aromatic N) is 1. The standard InChI is InChI=1S/C12H21NO4/c1-4-17-12(15)10-7-5-6-8-13(10)9(2)11(14)16-3/h9-10H,4-8H2,1-3H3. The second kappa shape index (κ2) is 6.59. The first-order valence-corrected chi connectivity index (χ1v) is 6.12. The summed E-state index contributed by atoms with van der Waals surface area (Å²) >= 11 is 0. The predicted octanol–water partition coefficient (Wildman–Crippen LogP) is 0.965. The van der Waals surface area contributed by atoms with Crippen molar-refractivity contribution in [3.8, 4) is 0 Å². The van der Waals surface area contributed by atoms with Crippen LogP contribution in [0.3, 0.4) is 0 Å². The molecule has 1 aliphatic rings. The summed E-state index contributed by atoms with van der Waals surface area (Å²) in [7, 11) is 1.36. The molecule has 1 heterocycles. The lowest BCUT2D eigenvalue weighted by Crippen LogP contribution is -2.52. The number of likely N-dealkylation sites (tertiary alicyclic amines) is 1. The second-order valence-corrected chi connectivity index (χ2v) is 4.20. The molecule has 0 aromatic heterocycles. The highest BCUT2D eigenvalue weighted by molar-refractivity contribution is 5.79. The van der Waals surface area contributed by atoms with Crippen LogP contribution in [0.4, 0.5) is 0 Å². The summed E-state index contributed by atoms with van der Waals surface area (Å²) in [4.78, 5) is 25.2. The molecule has 0 N–H and O–H groups in total. The highest BCUT2D eigenvalue weighted by atomic mass is 16.5. The van der Waals surface area contributed by atoms with Crippen molar-refractivity contribution in [2.45, 2.75) is 45.2 Å². The second-order valence-electron chi connectivity index (χ2n) is 4.20. The minimum Gasteiger partial charge on any atom is -0.468 e. The third-order valence-corrected chi connectivity index (χ3v) is 3.14. The molecule has 5 nitrogen and oxygen atoms in total. The van der Waals surface area contributed by atoms with Gasteiger partial charge >= 0.3 is 11.9 Å². The van der Waals surface area contributed by atoms with Crippen LogP contribution in [0.1, 0.15) is 33.1 Å². The van der Waals surface area contributed by atoms with Crippen molar-refractivity contribution in [2.75, 3.05) is 20.3 Å². The largest absolute Gasteiger partial charge is 0.468 e. The zero-order chi connectivity index (χ0) is 12.8. The molecular weight excluding hydrogens is 222 g/mol. The van der Waals surface area contributed by atoms with Crippen molar-refractivity contribution in [2.24, 2.45) is 0 Å². The van der Waals surface area contributed by atoms with Crippen LogP contribution >= 0.6 is 0 Å². The minimum absolute atomic E-state index is 0.233. The molecule has 5 heteroatoms. The molecule has 2 unspecified atom stereocenters. The van der Waals surface area contributed by atoms with Gasteiger partial charge in [-0.2, -0.15) is 0 Å². The Labute approximate surface area is 102 Å². The summed E-state index contributed by atoms with van der Waals surface area (Å²) in [5, 5.41) is 0. The van der Waals surface area contributed by atoms with Gasteiger partial charge in [-0.25, -0.2) is 0 Å². The Hall–Kier alpha value is -1.10. The molecule has 0 aliphatic carbocycles. The first-order chi connectivity index (χ1) is 8.11. The van der Waals surface area contributed by atoms with Crippen LogP contribution in [0, 0.1) is 0 Å². The van der Waals surface area contributed by atoms with E-state index in [-0.39, 0.29) is 18.0 Å². The SMILES string of the molecule is CCOC(=O)C1CCCCN1C(C)C(=O)OC. The molecule has 0 bridgehead atoms. The van der Waals surface area contributed by atoms with Crippen molar-refractivity contribution in [3.63, 3.8) is 0 Å². The van der Waals surface area contributed by atoms with Crippen molar-refractivity contribution < 1.29 is 19.1 Å². The Morgan fingerprint density at radius 3 is 2.71 bits per heavy atom. The van der Waals surface area contributed by atoms with Crippen LogP contribution < -0.4 is 0 Å². The topological polar surface area (TPSA) is 55.8 Å². The fourth-order valence-electron chi connectivity index (χ4n) is 2.21. The normalized spacial score (nSPS) is 22.9. The summed E-state index contributed by atoms with van der Waals surface area (Å²) in [6.45, 7) is 4.66. The predicted molar refractivity (Wildman–Crippen MR) is 62.5 cm³/mol. The number of esters is 2.